The fourth-order valence-electron chi connectivity index (χ4n) is 0.941. The van der Waals surface area contributed by atoms with Crippen molar-refractivity contribution < 1.29 is 39.8 Å². The molecule has 1 unspecified atom stereocenters. The summed E-state index contributed by atoms with van der Waals surface area (Å²) in [4.78, 5) is 13.9. The van der Waals surface area contributed by atoms with Crippen molar-refractivity contribution >= 4 is 5.97 Å². The lowest BCUT2D eigenvalue weighted by Gasteiger charge is -2.43. The van der Waals surface area contributed by atoms with Gasteiger partial charge in [-0.3, -0.25) is 9.28 Å². The minimum absolute atomic E-state index is 0.655. The molecular formula is C7H16NO7+. The number of hydrogen-bond acceptors (Lipinski definition) is 6. The number of carbonyl (C=O) groups is 1. The van der Waals surface area contributed by atoms with Crippen molar-refractivity contribution in [1.82, 2.24) is 0 Å². The van der Waals surface area contributed by atoms with Crippen LogP contribution in [0.2, 0.25) is 0 Å². The van der Waals surface area contributed by atoms with Gasteiger partial charge in [-0.15, -0.1) is 0 Å². The lowest BCUT2D eigenvalue weighted by atomic mass is 10.1. The molecule has 0 aromatic carbocycles. The first-order valence-electron chi connectivity index (χ1n) is 4.01. The Labute approximate surface area is 86.1 Å². The van der Waals surface area contributed by atoms with Gasteiger partial charge in [-0.05, 0) is 0 Å². The Morgan fingerprint density at radius 1 is 1.27 bits per heavy atom. The van der Waals surface area contributed by atoms with E-state index in [1.807, 2.05) is 0 Å². The van der Waals surface area contributed by atoms with E-state index in [0.29, 0.717) is 0 Å². The molecule has 0 aliphatic carbocycles. The van der Waals surface area contributed by atoms with Crippen molar-refractivity contribution in [1.29, 1.82) is 0 Å². The van der Waals surface area contributed by atoms with Gasteiger partial charge in [0.25, 0.3) is 0 Å². The first kappa shape index (κ1) is 14.2. The molecule has 0 aliphatic rings. The molecule has 0 amide bonds. The standard InChI is InChI=1S/C7H15NO7/c1-8(2,3)7(12,13)6(11,15-14)4-5(9)10/h11-13H,4H2,1-3H3,(H-,9,10,14)/p+1. The molecule has 0 aromatic rings. The SMILES string of the molecule is C[N+](C)(C)C(O)(O)C(O)(CC(=O)O)OO. The summed E-state index contributed by atoms with van der Waals surface area (Å²) in [6.07, 6.45) is -1.19. The van der Waals surface area contributed by atoms with E-state index in [-0.39, 0.29) is 0 Å². The minimum atomic E-state index is -3.02. The van der Waals surface area contributed by atoms with Crippen molar-refractivity contribution in [2.75, 3.05) is 21.1 Å². The fraction of sp³-hybridized carbons (Fsp3) is 0.857. The van der Waals surface area contributed by atoms with Gasteiger partial charge in [0.05, 0.1) is 21.1 Å². The van der Waals surface area contributed by atoms with Crippen LogP contribution in [0.5, 0.6) is 0 Å². The summed E-state index contributed by atoms with van der Waals surface area (Å²) in [6.45, 7) is 0. The molecular weight excluding hydrogens is 210 g/mol. The van der Waals surface area contributed by atoms with E-state index in [0.717, 1.165) is 0 Å². The highest BCUT2D eigenvalue weighted by Crippen LogP contribution is 2.30. The predicted molar refractivity (Wildman–Crippen MR) is 46.1 cm³/mol. The summed E-state index contributed by atoms with van der Waals surface area (Å²) < 4.78 is -0.655. The van der Waals surface area contributed by atoms with Crippen LogP contribution in [-0.2, 0) is 9.68 Å². The van der Waals surface area contributed by atoms with E-state index in [9.17, 15) is 20.1 Å². The third kappa shape index (κ3) is 2.62. The molecule has 8 heteroatoms. The number of nitrogens with zero attached hydrogens (tertiary/aromatic N) is 1. The Morgan fingerprint density at radius 3 is 1.87 bits per heavy atom. The average Bonchev–Trinajstić information content (AvgIpc) is 2.00. The van der Waals surface area contributed by atoms with Gasteiger partial charge in [0.2, 0.25) is 0 Å². The van der Waals surface area contributed by atoms with Gasteiger partial charge in [-0.1, -0.05) is 0 Å². The average molecular weight is 226 g/mol. The number of aliphatic hydroxyl groups is 3. The largest absolute Gasteiger partial charge is 0.481 e. The zero-order valence-electron chi connectivity index (χ0n) is 8.71. The van der Waals surface area contributed by atoms with Crippen LogP contribution in [0.3, 0.4) is 0 Å². The second kappa shape index (κ2) is 4.00. The highest BCUT2D eigenvalue weighted by atomic mass is 17.1. The Kier molecular flexibility index (Phi) is 3.80. The smallest absolute Gasteiger partial charge is 0.373 e. The van der Waals surface area contributed by atoms with Crippen LogP contribution in [0.15, 0.2) is 0 Å². The normalized spacial score (nSPS) is 17.3. The van der Waals surface area contributed by atoms with Crippen molar-refractivity contribution in [2.45, 2.75) is 18.1 Å². The Hall–Kier alpha value is -0.770. The quantitative estimate of drug-likeness (QED) is 0.158. The van der Waals surface area contributed by atoms with Gasteiger partial charge in [-0.25, -0.2) is 5.26 Å². The van der Waals surface area contributed by atoms with Gasteiger partial charge in [0.15, 0.2) is 0 Å². The lowest BCUT2D eigenvalue weighted by Crippen LogP contribution is -2.71. The molecule has 5 N–H and O–H groups in total. The summed E-state index contributed by atoms with van der Waals surface area (Å²) >= 11 is 0. The zero-order valence-corrected chi connectivity index (χ0v) is 8.71. The topological polar surface area (TPSA) is 127 Å². The van der Waals surface area contributed by atoms with Gasteiger partial charge < -0.3 is 20.4 Å². The predicted octanol–water partition coefficient (Wildman–Crippen LogP) is -2.02. The van der Waals surface area contributed by atoms with Crippen molar-refractivity contribution in [3.8, 4) is 0 Å². The van der Waals surface area contributed by atoms with Crippen LogP contribution >= 0.6 is 0 Å². The maximum absolute atomic E-state index is 10.4. The highest BCUT2D eigenvalue weighted by molar-refractivity contribution is 5.67. The molecule has 8 nitrogen and oxygen atoms in total. The van der Waals surface area contributed by atoms with Gasteiger partial charge >= 0.3 is 17.7 Å². The highest BCUT2D eigenvalue weighted by Gasteiger charge is 2.62. The molecule has 90 valence electrons. The Balaban J connectivity index is 5.18. The monoisotopic (exact) mass is 226 g/mol. The van der Waals surface area contributed by atoms with E-state index in [1.54, 1.807) is 0 Å². The number of rotatable bonds is 5. The zero-order chi connectivity index (χ0) is 12.5. The van der Waals surface area contributed by atoms with Gasteiger partial charge in [0, 0.05) is 0 Å². The van der Waals surface area contributed by atoms with Gasteiger partial charge in [0.1, 0.15) is 6.42 Å². The van der Waals surface area contributed by atoms with Crippen LogP contribution in [0.1, 0.15) is 6.42 Å². The summed E-state index contributed by atoms with van der Waals surface area (Å²) in [5.74, 6) is -7.57. The summed E-state index contributed by atoms with van der Waals surface area (Å²) in [6, 6.07) is 0. The lowest BCUT2D eigenvalue weighted by molar-refractivity contribution is -0.997. The van der Waals surface area contributed by atoms with E-state index in [2.05, 4.69) is 4.89 Å². The third-order valence-electron chi connectivity index (χ3n) is 2.00. The molecule has 0 spiro atoms. The Bertz CT molecular complexity index is 246. The number of likely N-dealkylation sites (N-methyl/N-ethyl adjacent to an activating group) is 1. The number of aliphatic carboxylic acids is 1. The second-order valence-electron chi connectivity index (χ2n) is 4.09. The van der Waals surface area contributed by atoms with Crippen LogP contribution in [-0.4, -0.2) is 69.0 Å². The number of hydrogen-bond donors (Lipinski definition) is 5. The first-order valence-corrected chi connectivity index (χ1v) is 4.01. The molecule has 0 rings (SSSR count). The third-order valence-corrected chi connectivity index (χ3v) is 2.00. The number of carboxylic acid groups (broad SMARTS) is 1. The van der Waals surface area contributed by atoms with E-state index in [4.69, 9.17) is 10.4 Å². The number of quaternary nitrogens is 1. The van der Waals surface area contributed by atoms with Crippen LogP contribution in [0, 0.1) is 0 Å². The summed E-state index contributed by atoms with van der Waals surface area (Å²) in [5, 5.41) is 45.4. The molecule has 15 heavy (non-hydrogen) atoms. The molecule has 0 heterocycles. The van der Waals surface area contributed by atoms with Crippen LogP contribution in [0.25, 0.3) is 0 Å². The van der Waals surface area contributed by atoms with Crippen LogP contribution < -0.4 is 0 Å². The molecule has 0 saturated heterocycles. The molecule has 0 radical (unpaired) electrons. The first-order chi connectivity index (χ1) is 6.48. The maximum Gasteiger partial charge on any atom is 0.373 e. The van der Waals surface area contributed by atoms with E-state index >= 15 is 0 Å². The molecule has 0 aromatic heterocycles. The van der Waals surface area contributed by atoms with Crippen molar-refractivity contribution in [3.63, 3.8) is 0 Å². The van der Waals surface area contributed by atoms with Gasteiger partial charge in [-0.2, -0.15) is 4.89 Å². The summed E-state index contributed by atoms with van der Waals surface area (Å²) in [5.41, 5.74) is 0. The number of carboxylic acids is 1. The fourth-order valence-corrected chi connectivity index (χ4v) is 0.941. The van der Waals surface area contributed by atoms with E-state index < -0.39 is 28.6 Å². The molecule has 1 atom stereocenters. The molecule has 0 aliphatic heterocycles. The van der Waals surface area contributed by atoms with Crippen LogP contribution in [0.4, 0.5) is 0 Å². The van der Waals surface area contributed by atoms with E-state index in [1.165, 1.54) is 21.1 Å². The minimum Gasteiger partial charge on any atom is -0.481 e. The molecule has 0 saturated carbocycles. The van der Waals surface area contributed by atoms with Crippen molar-refractivity contribution in [2.24, 2.45) is 0 Å². The van der Waals surface area contributed by atoms with Crippen molar-refractivity contribution in [3.05, 3.63) is 0 Å². The second-order valence-corrected chi connectivity index (χ2v) is 4.09. The Morgan fingerprint density at radius 2 is 1.67 bits per heavy atom. The summed E-state index contributed by atoms with van der Waals surface area (Å²) in [7, 11) is 3.81. The molecule has 0 bridgehead atoms. The molecule has 0 fully saturated rings. The maximum atomic E-state index is 10.4.